The van der Waals surface area contributed by atoms with Crippen LogP contribution in [0.3, 0.4) is 0 Å². The Hall–Kier alpha value is -5.28. The number of nitrogens with one attached hydrogen (secondary N) is 1. The van der Waals surface area contributed by atoms with Gasteiger partial charge in [0.2, 0.25) is 0 Å². The van der Waals surface area contributed by atoms with E-state index in [1.54, 1.807) is 30.3 Å². The molecule has 8 nitrogen and oxygen atoms in total. The van der Waals surface area contributed by atoms with Gasteiger partial charge in [0.1, 0.15) is 5.75 Å². The Morgan fingerprint density at radius 1 is 0.805 bits per heavy atom. The van der Waals surface area contributed by atoms with Crippen LogP contribution in [0.4, 0.5) is 0 Å². The first kappa shape index (κ1) is 27.3. The molecule has 0 aliphatic carbocycles. The van der Waals surface area contributed by atoms with Gasteiger partial charge in [0.05, 0.1) is 12.0 Å². The summed E-state index contributed by atoms with van der Waals surface area (Å²) in [5, 5.41) is 13.4. The smallest absolute Gasteiger partial charge is 0.336 e. The number of hydrogen-bond acceptors (Lipinski definition) is 7. The summed E-state index contributed by atoms with van der Waals surface area (Å²) in [6.45, 7) is 0. The van der Waals surface area contributed by atoms with Crippen molar-refractivity contribution in [3.63, 3.8) is 0 Å². The minimum atomic E-state index is -0.473. The third kappa shape index (κ3) is 7.65. The largest absolute Gasteiger partial charge is 0.423 e. The standard InChI is InChI=1S/C32H25N5O3S/c38-29(23-41-32-36-35-31(26-12-6-2-7-13-26)37(32)27-14-8-3-9-15-27)34-33-22-25-16-19-28(20-17-25)40-30(39)21-18-24-10-4-1-5-11-24/h1-22H,23H2,(H,34,38)/b21-18+,33-22+. The second kappa shape index (κ2) is 13.7. The Balaban J connectivity index is 1.15. The van der Waals surface area contributed by atoms with Gasteiger partial charge in [-0.15, -0.1) is 10.2 Å². The van der Waals surface area contributed by atoms with Crippen molar-refractivity contribution in [2.24, 2.45) is 5.10 Å². The van der Waals surface area contributed by atoms with Gasteiger partial charge in [0.25, 0.3) is 5.91 Å². The predicted octanol–water partition coefficient (Wildman–Crippen LogP) is 5.80. The molecule has 1 heterocycles. The summed E-state index contributed by atoms with van der Waals surface area (Å²) in [5.74, 6) is 0.439. The monoisotopic (exact) mass is 559 g/mol. The van der Waals surface area contributed by atoms with Crippen LogP contribution in [0.15, 0.2) is 132 Å². The highest BCUT2D eigenvalue weighted by Crippen LogP contribution is 2.27. The average molecular weight is 560 g/mol. The number of rotatable bonds is 10. The molecule has 9 heteroatoms. The van der Waals surface area contributed by atoms with Crippen LogP contribution >= 0.6 is 11.8 Å². The summed E-state index contributed by atoms with van der Waals surface area (Å²) >= 11 is 1.27. The van der Waals surface area contributed by atoms with Crippen molar-refractivity contribution >= 4 is 35.9 Å². The summed E-state index contributed by atoms with van der Waals surface area (Å²) in [5.41, 5.74) is 6.00. The molecule has 1 aromatic heterocycles. The zero-order valence-corrected chi connectivity index (χ0v) is 22.6. The molecule has 5 rings (SSSR count). The first-order valence-electron chi connectivity index (χ1n) is 12.7. The van der Waals surface area contributed by atoms with Crippen LogP contribution in [-0.2, 0) is 9.59 Å². The number of thioether (sulfide) groups is 1. The minimum absolute atomic E-state index is 0.0997. The van der Waals surface area contributed by atoms with Gasteiger partial charge < -0.3 is 4.74 Å². The van der Waals surface area contributed by atoms with Crippen molar-refractivity contribution in [1.29, 1.82) is 0 Å². The number of carbonyl (C=O) groups excluding carboxylic acids is 2. The predicted molar refractivity (Wildman–Crippen MR) is 161 cm³/mol. The third-order valence-electron chi connectivity index (χ3n) is 5.72. The van der Waals surface area contributed by atoms with E-state index in [0.717, 1.165) is 22.4 Å². The van der Waals surface area contributed by atoms with E-state index in [2.05, 4.69) is 20.7 Å². The quantitative estimate of drug-likeness (QED) is 0.0580. The highest BCUT2D eigenvalue weighted by Gasteiger charge is 2.17. The fourth-order valence-electron chi connectivity index (χ4n) is 3.79. The summed E-state index contributed by atoms with van der Waals surface area (Å²) in [6, 6.07) is 35.8. The summed E-state index contributed by atoms with van der Waals surface area (Å²) in [6.07, 6.45) is 4.59. The average Bonchev–Trinajstić information content (AvgIpc) is 3.45. The molecule has 1 N–H and O–H groups in total. The molecule has 0 saturated heterocycles. The van der Waals surface area contributed by atoms with Crippen LogP contribution in [-0.4, -0.2) is 38.6 Å². The first-order valence-corrected chi connectivity index (χ1v) is 13.7. The zero-order chi connectivity index (χ0) is 28.3. The van der Waals surface area contributed by atoms with Crippen molar-refractivity contribution in [3.05, 3.63) is 132 Å². The summed E-state index contributed by atoms with van der Waals surface area (Å²) < 4.78 is 7.26. The number of amides is 1. The molecule has 0 aliphatic heterocycles. The lowest BCUT2D eigenvalue weighted by Gasteiger charge is -2.10. The van der Waals surface area contributed by atoms with E-state index in [9.17, 15) is 9.59 Å². The Morgan fingerprint density at radius 3 is 2.17 bits per heavy atom. The number of hydrogen-bond donors (Lipinski definition) is 1. The number of esters is 1. The highest BCUT2D eigenvalue weighted by atomic mass is 32.2. The van der Waals surface area contributed by atoms with Gasteiger partial charge in [-0.1, -0.05) is 90.6 Å². The van der Waals surface area contributed by atoms with E-state index < -0.39 is 5.97 Å². The fourth-order valence-corrected chi connectivity index (χ4v) is 4.53. The number of nitrogens with zero attached hydrogens (tertiary/aromatic N) is 4. The SMILES string of the molecule is O=C(CSc1nnc(-c2ccccc2)n1-c1ccccc1)N/N=C/c1ccc(OC(=O)/C=C/c2ccccc2)cc1. The van der Waals surface area contributed by atoms with E-state index in [0.29, 0.717) is 16.7 Å². The number of para-hydroxylation sites is 1. The molecule has 0 radical (unpaired) electrons. The molecule has 5 aromatic rings. The Morgan fingerprint density at radius 2 is 1.46 bits per heavy atom. The topological polar surface area (TPSA) is 98.5 Å². The van der Waals surface area contributed by atoms with E-state index >= 15 is 0 Å². The molecule has 0 spiro atoms. The Labute approximate surface area is 241 Å². The van der Waals surface area contributed by atoms with Crippen molar-refractivity contribution in [2.75, 3.05) is 5.75 Å². The van der Waals surface area contributed by atoms with E-state index in [-0.39, 0.29) is 11.7 Å². The van der Waals surface area contributed by atoms with Crippen LogP contribution in [0.5, 0.6) is 5.75 Å². The zero-order valence-electron chi connectivity index (χ0n) is 21.8. The molecule has 0 aliphatic rings. The third-order valence-corrected chi connectivity index (χ3v) is 6.65. The number of ether oxygens (including phenoxy) is 1. The molecule has 0 fully saturated rings. The molecule has 0 atom stereocenters. The summed E-state index contributed by atoms with van der Waals surface area (Å²) in [4.78, 5) is 24.6. The van der Waals surface area contributed by atoms with Crippen molar-refractivity contribution in [3.8, 4) is 22.8 Å². The van der Waals surface area contributed by atoms with E-state index in [1.807, 2.05) is 95.6 Å². The number of aromatic nitrogens is 3. The lowest BCUT2D eigenvalue weighted by Crippen LogP contribution is -2.20. The Kier molecular flexibility index (Phi) is 9.11. The number of hydrazone groups is 1. The molecular weight excluding hydrogens is 534 g/mol. The number of benzene rings is 4. The molecule has 0 unspecified atom stereocenters. The minimum Gasteiger partial charge on any atom is -0.423 e. The van der Waals surface area contributed by atoms with Gasteiger partial charge in [-0.25, -0.2) is 10.2 Å². The molecular formula is C32H25N5O3S. The maximum Gasteiger partial charge on any atom is 0.336 e. The lowest BCUT2D eigenvalue weighted by molar-refractivity contribution is -0.129. The second-order valence-corrected chi connectivity index (χ2v) is 9.60. The van der Waals surface area contributed by atoms with Gasteiger partial charge in [-0.05, 0) is 53.6 Å². The lowest BCUT2D eigenvalue weighted by atomic mass is 10.2. The van der Waals surface area contributed by atoms with Crippen LogP contribution in [0.2, 0.25) is 0 Å². The van der Waals surface area contributed by atoms with Crippen LogP contribution in [0.1, 0.15) is 11.1 Å². The van der Waals surface area contributed by atoms with Crippen molar-refractivity contribution < 1.29 is 14.3 Å². The van der Waals surface area contributed by atoms with Gasteiger partial charge in [0, 0.05) is 17.3 Å². The molecule has 0 bridgehead atoms. The van der Waals surface area contributed by atoms with Gasteiger partial charge in [0.15, 0.2) is 11.0 Å². The molecule has 202 valence electrons. The second-order valence-electron chi connectivity index (χ2n) is 8.66. The van der Waals surface area contributed by atoms with Gasteiger partial charge in [-0.3, -0.25) is 9.36 Å². The van der Waals surface area contributed by atoms with Gasteiger partial charge in [-0.2, -0.15) is 5.10 Å². The van der Waals surface area contributed by atoms with Crippen LogP contribution in [0, 0.1) is 0 Å². The van der Waals surface area contributed by atoms with Crippen molar-refractivity contribution in [1.82, 2.24) is 20.2 Å². The summed E-state index contributed by atoms with van der Waals surface area (Å²) in [7, 11) is 0. The number of carbonyl (C=O) groups is 2. The van der Waals surface area contributed by atoms with Gasteiger partial charge >= 0.3 is 5.97 Å². The highest BCUT2D eigenvalue weighted by molar-refractivity contribution is 7.99. The van der Waals surface area contributed by atoms with Crippen LogP contribution in [0.25, 0.3) is 23.2 Å². The molecule has 41 heavy (non-hydrogen) atoms. The van der Waals surface area contributed by atoms with Crippen LogP contribution < -0.4 is 10.2 Å². The molecule has 4 aromatic carbocycles. The van der Waals surface area contributed by atoms with Crippen molar-refractivity contribution in [2.45, 2.75) is 5.16 Å². The van der Waals surface area contributed by atoms with E-state index in [4.69, 9.17) is 4.74 Å². The van der Waals surface area contributed by atoms with E-state index in [1.165, 1.54) is 24.1 Å². The molecule has 1 amide bonds. The normalized spacial score (nSPS) is 11.1. The maximum absolute atomic E-state index is 12.5. The Bertz CT molecular complexity index is 1650. The first-order chi connectivity index (χ1) is 20.2. The fraction of sp³-hybridized carbons (Fsp3) is 0.0312. The molecule has 0 saturated carbocycles. The maximum atomic E-state index is 12.5.